The van der Waals surface area contributed by atoms with Gasteiger partial charge in [0.1, 0.15) is 12.4 Å². The van der Waals surface area contributed by atoms with E-state index >= 15 is 0 Å². The Morgan fingerprint density at radius 2 is 1.70 bits per heavy atom. The summed E-state index contributed by atoms with van der Waals surface area (Å²) >= 11 is 0. The number of benzene rings is 2. The molecule has 2 aromatic rings. The van der Waals surface area contributed by atoms with E-state index in [9.17, 15) is 4.79 Å². The van der Waals surface area contributed by atoms with Crippen molar-refractivity contribution in [2.24, 2.45) is 17.1 Å². The van der Waals surface area contributed by atoms with Crippen molar-refractivity contribution in [1.82, 2.24) is 5.32 Å². The number of nitrogens with one attached hydrogen (secondary N) is 1. The number of ether oxygens (including phenoxy) is 1. The molecule has 1 saturated carbocycles. The van der Waals surface area contributed by atoms with Crippen molar-refractivity contribution < 1.29 is 9.53 Å². The van der Waals surface area contributed by atoms with Crippen LogP contribution in [0.25, 0.3) is 11.1 Å². The molecular formula is C25H35ClN2O2. The SMILES string of the molecule is CC(C)(C)C1CCC(NCCOc2cccc(-c3ccc(C(N)=O)cc3)c2)CC1.Cl. The third-order valence-corrected chi connectivity index (χ3v) is 6.09. The van der Waals surface area contributed by atoms with Gasteiger partial charge >= 0.3 is 0 Å². The summed E-state index contributed by atoms with van der Waals surface area (Å²) in [4.78, 5) is 11.2. The number of carbonyl (C=O) groups is 1. The van der Waals surface area contributed by atoms with Crippen LogP contribution in [0.5, 0.6) is 5.75 Å². The van der Waals surface area contributed by atoms with Gasteiger partial charge in [0.2, 0.25) is 5.91 Å². The average molecular weight is 431 g/mol. The van der Waals surface area contributed by atoms with Gasteiger partial charge in [0, 0.05) is 18.2 Å². The summed E-state index contributed by atoms with van der Waals surface area (Å²) in [6, 6.07) is 16.0. The number of primary amides is 1. The first kappa shape index (κ1) is 24.2. The molecule has 1 amide bonds. The van der Waals surface area contributed by atoms with Crippen LogP contribution in [0.2, 0.25) is 0 Å². The Morgan fingerprint density at radius 3 is 2.30 bits per heavy atom. The molecule has 0 radical (unpaired) electrons. The van der Waals surface area contributed by atoms with Crippen LogP contribution >= 0.6 is 12.4 Å². The maximum absolute atomic E-state index is 11.2. The summed E-state index contributed by atoms with van der Waals surface area (Å²) in [7, 11) is 0. The second kappa shape index (κ2) is 10.8. The normalized spacial score (nSPS) is 19.0. The zero-order chi connectivity index (χ0) is 20.9. The number of hydrogen-bond acceptors (Lipinski definition) is 3. The number of hydrogen-bond donors (Lipinski definition) is 2. The first-order valence-electron chi connectivity index (χ1n) is 10.7. The maximum atomic E-state index is 11.2. The average Bonchev–Trinajstić information content (AvgIpc) is 2.71. The number of carbonyl (C=O) groups excluding carboxylic acids is 1. The Bertz CT molecular complexity index is 807. The van der Waals surface area contributed by atoms with E-state index in [0.29, 0.717) is 23.6 Å². The smallest absolute Gasteiger partial charge is 0.248 e. The lowest BCUT2D eigenvalue weighted by Gasteiger charge is -2.37. The monoisotopic (exact) mass is 430 g/mol. The van der Waals surface area contributed by atoms with Crippen LogP contribution < -0.4 is 15.8 Å². The van der Waals surface area contributed by atoms with Gasteiger partial charge in [0.15, 0.2) is 0 Å². The largest absolute Gasteiger partial charge is 0.492 e. The summed E-state index contributed by atoms with van der Waals surface area (Å²) in [5.41, 5.74) is 8.35. The molecule has 3 rings (SSSR count). The highest BCUT2D eigenvalue weighted by molar-refractivity contribution is 5.93. The quantitative estimate of drug-likeness (QED) is 0.574. The second-order valence-corrected chi connectivity index (χ2v) is 9.19. The summed E-state index contributed by atoms with van der Waals surface area (Å²) in [5.74, 6) is 1.30. The molecule has 2 aromatic carbocycles. The van der Waals surface area contributed by atoms with E-state index in [1.807, 2.05) is 36.4 Å². The van der Waals surface area contributed by atoms with E-state index in [4.69, 9.17) is 10.5 Å². The Kier molecular flexibility index (Phi) is 8.75. The Hall–Kier alpha value is -2.04. The minimum Gasteiger partial charge on any atom is -0.492 e. The van der Waals surface area contributed by atoms with Crippen molar-refractivity contribution in [2.45, 2.75) is 52.5 Å². The number of rotatable bonds is 7. The van der Waals surface area contributed by atoms with Crippen molar-refractivity contribution >= 4 is 18.3 Å². The molecule has 0 atom stereocenters. The van der Waals surface area contributed by atoms with E-state index in [1.165, 1.54) is 25.7 Å². The van der Waals surface area contributed by atoms with Crippen molar-refractivity contribution in [3.8, 4) is 16.9 Å². The zero-order valence-electron chi connectivity index (χ0n) is 18.3. The molecule has 1 aliphatic rings. The first-order valence-corrected chi connectivity index (χ1v) is 10.7. The van der Waals surface area contributed by atoms with Crippen LogP contribution in [0.15, 0.2) is 48.5 Å². The first-order chi connectivity index (χ1) is 13.8. The van der Waals surface area contributed by atoms with Crippen molar-refractivity contribution in [3.05, 3.63) is 54.1 Å². The van der Waals surface area contributed by atoms with Gasteiger partial charge < -0.3 is 15.8 Å². The van der Waals surface area contributed by atoms with E-state index < -0.39 is 5.91 Å². The Morgan fingerprint density at radius 1 is 1.03 bits per heavy atom. The van der Waals surface area contributed by atoms with Crippen LogP contribution in [0, 0.1) is 11.3 Å². The van der Waals surface area contributed by atoms with Crippen LogP contribution in [0.1, 0.15) is 56.8 Å². The highest BCUT2D eigenvalue weighted by Gasteiger charge is 2.29. The number of halogens is 1. The molecule has 164 valence electrons. The molecule has 0 aromatic heterocycles. The Labute approximate surface area is 187 Å². The fourth-order valence-electron chi connectivity index (χ4n) is 4.19. The third-order valence-electron chi connectivity index (χ3n) is 6.09. The lowest BCUT2D eigenvalue weighted by molar-refractivity contribution is 0.100. The summed E-state index contributed by atoms with van der Waals surface area (Å²) < 4.78 is 5.96. The highest BCUT2D eigenvalue weighted by atomic mass is 35.5. The molecule has 1 fully saturated rings. The standard InChI is InChI=1S/C25H34N2O2.ClH/c1-25(2,3)21-11-13-22(14-12-21)27-15-16-29-23-6-4-5-20(17-23)18-7-9-19(10-8-18)24(26)28;/h4-10,17,21-22,27H,11-16H2,1-3H3,(H2,26,28);1H. The Balaban J connectivity index is 0.00000320. The molecule has 3 N–H and O–H groups in total. The van der Waals surface area contributed by atoms with Gasteiger partial charge in [-0.1, -0.05) is 45.0 Å². The van der Waals surface area contributed by atoms with Gasteiger partial charge in [0.25, 0.3) is 0 Å². The van der Waals surface area contributed by atoms with Crippen LogP contribution in [-0.2, 0) is 0 Å². The fraction of sp³-hybridized carbons (Fsp3) is 0.480. The summed E-state index contributed by atoms with van der Waals surface area (Å²) in [6.07, 6.45) is 5.16. The summed E-state index contributed by atoms with van der Waals surface area (Å²) in [6.45, 7) is 8.60. The molecule has 0 saturated heterocycles. The second-order valence-electron chi connectivity index (χ2n) is 9.19. The van der Waals surface area contributed by atoms with E-state index in [0.717, 1.165) is 29.3 Å². The van der Waals surface area contributed by atoms with Crippen LogP contribution in [0.3, 0.4) is 0 Å². The maximum Gasteiger partial charge on any atom is 0.248 e. The van der Waals surface area contributed by atoms with Crippen molar-refractivity contribution in [3.63, 3.8) is 0 Å². The number of nitrogens with two attached hydrogens (primary N) is 1. The number of amides is 1. The van der Waals surface area contributed by atoms with Gasteiger partial charge in [0.05, 0.1) is 0 Å². The van der Waals surface area contributed by atoms with Gasteiger partial charge in [-0.3, -0.25) is 4.79 Å². The van der Waals surface area contributed by atoms with Gasteiger partial charge in [-0.25, -0.2) is 0 Å². The van der Waals surface area contributed by atoms with Crippen LogP contribution in [0.4, 0.5) is 0 Å². The van der Waals surface area contributed by atoms with E-state index in [2.05, 4.69) is 26.1 Å². The van der Waals surface area contributed by atoms with Crippen molar-refractivity contribution in [1.29, 1.82) is 0 Å². The van der Waals surface area contributed by atoms with E-state index in [-0.39, 0.29) is 12.4 Å². The third kappa shape index (κ3) is 6.75. The molecule has 0 aliphatic heterocycles. The zero-order valence-corrected chi connectivity index (χ0v) is 19.1. The lowest BCUT2D eigenvalue weighted by Crippen LogP contribution is -2.38. The molecule has 0 heterocycles. The van der Waals surface area contributed by atoms with Gasteiger partial charge in [-0.15, -0.1) is 12.4 Å². The van der Waals surface area contributed by atoms with Gasteiger partial charge in [-0.05, 0) is 72.4 Å². The van der Waals surface area contributed by atoms with Crippen molar-refractivity contribution in [2.75, 3.05) is 13.2 Å². The van der Waals surface area contributed by atoms with Crippen LogP contribution in [-0.4, -0.2) is 25.1 Å². The molecule has 5 heteroatoms. The topological polar surface area (TPSA) is 64.3 Å². The van der Waals surface area contributed by atoms with E-state index in [1.54, 1.807) is 12.1 Å². The predicted octanol–water partition coefficient (Wildman–Crippen LogP) is 5.45. The molecule has 1 aliphatic carbocycles. The highest BCUT2D eigenvalue weighted by Crippen LogP contribution is 2.37. The molecule has 0 bridgehead atoms. The summed E-state index contributed by atoms with van der Waals surface area (Å²) in [5, 5.41) is 3.66. The minimum atomic E-state index is -0.409. The molecule has 0 unspecified atom stereocenters. The lowest BCUT2D eigenvalue weighted by atomic mass is 9.71. The fourth-order valence-corrected chi connectivity index (χ4v) is 4.19. The molecule has 0 spiro atoms. The predicted molar refractivity (Wildman–Crippen MR) is 126 cm³/mol. The minimum absolute atomic E-state index is 0. The molecule has 30 heavy (non-hydrogen) atoms. The molecule has 4 nitrogen and oxygen atoms in total. The van der Waals surface area contributed by atoms with Gasteiger partial charge in [-0.2, -0.15) is 0 Å². The molecular weight excluding hydrogens is 396 g/mol.